The zero-order chi connectivity index (χ0) is 42.5. The highest BCUT2D eigenvalue weighted by molar-refractivity contribution is 7.16. The first-order valence-corrected chi connectivity index (χ1v) is 19.5. The number of nitrogens with zero attached hydrogens (tertiary/aromatic N) is 8. The van der Waals surface area contributed by atoms with Gasteiger partial charge in [0.15, 0.2) is 11.0 Å². The molecule has 0 saturated heterocycles. The number of imidazole rings is 1. The number of carbonyl (C=O) groups is 4. The number of nitrogens with one attached hydrogen (secondary N) is 1. The average molecular weight is 828 g/mol. The predicted molar refractivity (Wildman–Crippen MR) is 218 cm³/mol. The van der Waals surface area contributed by atoms with Gasteiger partial charge in [0.1, 0.15) is 28.2 Å². The Hall–Kier alpha value is -6.80. The number of anilines is 1. The van der Waals surface area contributed by atoms with Crippen LogP contribution in [0, 0.1) is 13.8 Å². The third kappa shape index (κ3) is 9.02. The minimum Gasteiger partial charge on any atom is -0.494 e. The van der Waals surface area contributed by atoms with Crippen molar-refractivity contribution in [1.29, 1.82) is 0 Å². The number of rotatable bonds is 18. The molecule has 0 radical (unpaired) electrons. The van der Waals surface area contributed by atoms with E-state index < -0.39 is 29.9 Å². The van der Waals surface area contributed by atoms with Gasteiger partial charge in [-0.2, -0.15) is 15.2 Å². The van der Waals surface area contributed by atoms with Gasteiger partial charge in [0.25, 0.3) is 5.91 Å². The second kappa shape index (κ2) is 17.8. The molecule has 0 bridgehead atoms. The molecule has 6 aromatic rings. The SMILES string of the molecule is CCn1nc(C)cc1C(=O)N=c1sc2cc(C(N)=O)cc(OC)c2n1C/C=C/Cn1c(NC(O)c2cc(C)nn2CC)nc2cc(C(N)=O)cc(OCCCC(=O)O)c21. The number of aromatic nitrogens is 7. The fourth-order valence-electron chi connectivity index (χ4n) is 6.60. The van der Waals surface area contributed by atoms with Crippen molar-refractivity contribution in [3.05, 3.63) is 87.3 Å². The molecule has 0 aliphatic rings. The number of aliphatic carboxylic acids is 1. The molecule has 3 amide bonds. The number of nitrogens with two attached hydrogens (primary N) is 2. The van der Waals surface area contributed by atoms with E-state index >= 15 is 0 Å². The van der Waals surface area contributed by atoms with Gasteiger partial charge in [0.2, 0.25) is 17.8 Å². The van der Waals surface area contributed by atoms with Gasteiger partial charge in [-0.15, -0.1) is 0 Å². The van der Waals surface area contributed by atoms with E-state index in [-0.39, 0.29) is 55.4 Å². The summed E-state index contributed by atoms with van der Waals surface area (Å²) in [5, 5.41) is 32.5. The Bertz CT molecular complexity index is 2680. The lowest BCUT2D eigenvalue weighted by Crippen LogP contribution is -2.18. The number of amides is 3. The van der Waals surface area contributed by atoms with Crippen molar-refractivity contribution < 1.29 is 38.9 Å². The van der Waals surface area contributed by atoms with Gasteiger partial charge in [0.05, 0.1) is 41.0 Å². The Balaban J connectivity index is 1.44. The molecule has 7 N–H and O–H groups in total. The van der Waals surface area contributed by atoms with Crippen molar-refractivity contribution in [2.24, 2.45) is 16.5 Å². The molecule has 0 saturated carbocycles. The molecule has 310 valence electrons. The summed E-state index contributed by atoms with van der Waals surface area (Å²) in [5.41, 5.74) is 15.2. The average Bonchev–Trinajstić information content (AvgIpc) is 3.96. The first kappa shape index (κ1) is 41.8. The number of hydrogen-bond donors (Lipinski definition) is 5. The van der Waals surface area contributed by atoms with Crippen molar-refractivity contribution >= 4 is 62.2 Å². The molecule has 0 fully saturated rings. The van der Waals surface area contributed by atoms with E-state index in [2.05, 4.69) is 20.5 Å². The summed E-state index contributed by atoms with van der Waals surface area (Å²) >= 11 is 1.19. The van der Waals surface area contributed by atoms with Gasteiger partial charge in [0, 0.05) is 43.7 Å². The fourth-order valence-corrected chi connectivity index (χ4v) is 7.69. The Labute approximate surface area is 341 Å². The summed E-state index contributed by atoms with van der Waals surface area (Å²) in [5.74, 6) is -2.06. The van der Waals surface area contributed by atoms with E-state index in [4.69, 9.17) is 25.9 Å². The molecule has 6 rings (SSSR count). The fraction of sp³-hybridized carbons (Fsp3) is 0.333. The Morgan fingerprint density at radius 1 is 0.898 bits per heavy atom. The number of aryl methyl sites for hydroxylation is 4. The highest BCUT2D eigenvalue weighted by Crippen LogP contribution is 2.33. The van der Waals surface area contributed by atoms with Crippen LogP contribution in [0.1, 0.15) is 81.2 Å². The molecule has 1 atom stereocenters. The van der Waals surface area contributed by atoms with E-state index in [0.717, 1.165) is 0 Å². The summed E-state index contributed by atoms with van der Waals surface area (Å²) < 4.78 is 19.1. The molecule has 4 heterocycles. The lowest BCUT2D eigenvalue weighted by Gasteiger charge is -2.16. The van der Waals surface area contributed by atoms with E-state index in [1.165, 1.54) is 36.6 Å². The Morgan fingerprint density at radius 3 is 2.20 bits per heavy atom. The predicted octanol–water partition coefficient (Wildman–Crippen LogP) is 3.65. The smallest absolute Gasteiger partial charge is 0.303 e. The van der Waals surface area contributed by atoms with Crippen molar-refractivity contribution in [1.82, 2.24) is 33.7 Å². The minimum absolute atomic E-state index is 0.0236. The molecule has 2 aromatic carbocycles. The highest BCUT2D eigenvalue weighted by atomic mass is 32.1. The highest BCUT2D eigenvalue weighted by Gasteiger charge is 2.23. The zero-order valence-corrected chi connectivity index (χ0v) is 33.9. The van der Waals surface area contributed by atoms with Crippen LogP contribution < -0.4 is 31.1 Å². The van der Waals surface area contributed by atoms with Crippen LogP contribution in [0.4, 0.5) is 5.95 Å². The number of carboxylic acid groups (broad SMARTS) is 1. The first-order valence-electron chi connectivity index (χ1n) is 18.7. The first-order chi connectivity index (χ1) is 28.2. The van der Waals surface area contributed by atoms with Crippen molar-refractivity contribution in [2.75, 3.05) is 19.0 Å². The summed E-state index contributed by atoms with van der Waals surface area (Å²) in [6.45, 7) is 8.71. The lowest BCUT2D eigenvalue weighted by atomic mass is 10.1. The van der Waals surface area contributed by atoms with Gasteiger partial charge >= 0.3 is 5.97 Å². The molecule has 4 aromatic heterocycles. The van der Waals surface area contributed by atoms with Crippen LogP contribution in [-0.2, 0) is 31.0 Å². The second-order valence-electron chi connectivity index (χ2n) is 13.4. The topological polar surface area (TPSA) is 262 Å². The monoisotopic (exact) mass is 827 g/mol. The number of primary amides is 2. The van der Waals surface area contributed by atoms with E-state index in [9.17, 15) is 29.4 Å². The summed E-state index contributed by atoms with van der Waals surface area (Å²) in [4.78, 5) is 59.0. The van der Waals surface area contributed by atoms with Crippen molar-refractivity contribution in [3.8, 4) is 11.5 Å². The maximum absolute atomic E-state index is 13.6. The number of fused-ring (bicyclic) bond motifs is 2. The van der Waals surface area contributed by atoms with Gasteiger partial charge in [-0.1, -0.05) is 23.5 Å². The van der Waals surface area contributed by atoms with E-state index in [1.807, 2.05) is 32.9 Å². The van der Waals surface area contributed by atoms with Gasteiger partial charge in [-0.3, -0.25) is 28.5 Å². The normalized spacial score (nSPS) is 12.5. The van der Waals surface area contributed by atoms with E-state index in [0.29, 0.717) is 67.7 Å². The van der Waals surface area contributed by atoms with Gasteiger partial charge < -0.3 is 45.6 Å². The quantitative estimate of drug-likeness (QED) is 0.0473. The second-order valence-corrected chi connectivity index (χ2v) is 14.4. The van der Waals surface area contributed by atoms with Gasteiger partial charge in [-0.25, -0.2) is 4.98 Å². The number of aliphatic hydroxyl groups is 1. The molecule has 0 aliphatic carbocycles. The van der Waals surface area contributed by atoms with Crippen LogP contribution in [0.15, 0.2) is 53.5 Å². The Morgan fingerprint density at radius 2 is 1.54 bits per heavy atom. The van der Waals surface area contributed by atoms with E-state index in [1.54, 1.807) is 43.6 Å². The molecule has 1 unspecified atom stereocenters. The molecule has 0 spiro atoms. The number of benzene rings is 2. The number of carboxylic acids is 1. The number of carbonyl (C=O) groups excluding carboxylic acids is 3. The van der Waals surface area contributed by atoms with Crippen LogP contribution in [0.25, 0.3) is 21.3 Å². The number of allylic oxidation sites excluding steroid dienone is 2. The summed E-state index contributed by atoms with van der Waals surface area (Å²) in [7, 11) is 1.47. The lowest BCUT2D eigenvalue weighted by molar-refractivity contribution is -0.137. The maximum atomic E-state index is 13.6. The third-order valence-corrected chi connectivity index (χ3v) is 10.3. The minimum atomic E-state index is -1.24. The zero-order valence-electron chi connectivity index (χ0n) is 33.1. The number of aliphatic hydroxyl groups excluding tert-OH is 1. The Kier molecular flexibility index (Phi) is 12.6. The summed E-state index contributed by atoms with van der Waals surface area (Å²) in [6, 6.07) is 9.56. The number of thiazole rings is 1. The molecule has 0 aliphatic heterocycles. The molecular formula is C39H45N11O8S. The molecule has 19 nitrogen and oxygen atoms in total. The third-order valence-electron chi connectivity index (χ3n) is 9.27. The van der Waals surface area contributed by atoms with Crippen LogP contribution >= 0.6 is 11.3 Å². The number of methoxy groups -OCH3 is 1. The largest absolute Gasteiger partial charge is 0.494 e. The molecule has 20 heteroatoms. The van der Waals surface area contributed by atoms with Crippen LogP contribution in [0.3, 0.4) is 0 Å². The maximum Gasteiger partial charge on any atom is 0.303 e. The standard InChI is InChI=1S/C39H45N11O8S/c1-6-49-26(15-21(3)45-49)36(55)43-38-42-25-17-23(34(40)53)19-29(58-14-10-11-31(51)52)32(25)47(38)12-8-9-13-48-33-28(57-5)18-24(35(41)54)20-30(33)59-39(48)44-37(56)27-16-22(4)46-50(27)7-2/h8-9,15-20,36,55H,6-7,10-14H2,1-5H3,(H2,40,53)(H2,41,54)(H,42,43)(H,51,52)/b9-8+,44-39?. The van der Waals surface area contributed by atoms with Crippen LogP contribution in [0.5, 0.6) is 11.5 Å². The molecule has 59 heavy (non-hydrogen) atoms. The van der Waals surface area contributed by atoms with Crippen molar-refractivity contribution in [3.63, 3.8) is 0 Å². The van der Waals surface area contributed by atoms with Crippen molar-refractivity contribution in [2.45, 2.75) is 72.9 Å². The number of hydrogen-bond acceptors (Lipinski definition) is 12. The number of ether oxygens (including phenoxy) is 2. The van der Waals surface area contributed by atoms with Gasteiger partial charge in [-0.05, 0) is 70.5 Å². The molecular weight excluding hydrogens is 783 g/mol. The van der Waals surface area contributed by atoms with Crippen LogP contribution in [-0.4, -0.2) is 81.3 Å². The van der Waals surface area contributed by atoms with Crippen LogP contribution in [0.2, 0.25) is 0 Å². The summed E-state index contributed by atoms with van der Waals surface area (Å²) in [6.07, 6.45) is 2.49.